The Kier molecular flexibility index (Phi) is 4.94. The third-order valence-electron chi connectivity index (χ3n) is 2.62. The van der Waals surface area contributed by atoms with Crippen LogP contribution in [0.3, 0.4) is 0 Å². The smallest absolute Gasteiger partial charge is 0.272 e. The van der Waals surface area contributed by atoms with Gasteiger partial charge in [0.2, 0.25) is 0 Å². The molecule has 104 valence electrons. The van der Waals surface area contributed by atoms with Crippen molar-refractivity contribution in [3.63, 3.8) is 0 Å². The van der Waals surface area contributed by atoms with Gasteiger partial charge in [0.05, 0.1) is 23.2 Å². The molecule has 1 N–H and O–H groups in total. The number of carbonyl (C=O) groups excluding carboxylic acids is 1. The molecule has 7 heteroatoms. The molecule has 1 amide bonds. The Morgan fingerprint density at radius 1 is 1.53 bits per heavy atom. The predicted molar refractivity (Wildman–Crippen MR) is 66.3 cm³/mol. The Balaban J connectivity index is 3.08. The molecule has 1 aromatic rings. The molecule has 0 fully saturated rings. The van der Waals surface area contributed by atoms with E-state index >= 15 is 0 Å². The lowest BCUT2D eigenvalue weighted by molar-refractivity contribution is -0.385. The molecule has 0 spiro atoms. The molecule has 1 rings (SSSR count). The van der Waals surface area contributed by atoms with Gasteiger partial charge < -0.3 is 10.0 Å². The molecule has 0 aliphatic rings. The summed E-state index contributed by atoms with van der Waals surface area (Å²) >= 11 is 0. The van der Waals surface area contributed by atoms with Gasteiger partial charge in [-0.15, -0.1) is 0 Å². The summed E-state index contributed by atoms with van der Waals surface area (Å²) in [5.74, 6) is -1.54. The number of aliphatic hydroxyl groups is 1. The molecule has 6 nitrogen and oxygen atoms in total. The zero-order valence-electron chi connectivity index (χ0n) is 10.7. The van der Waals surface area contributed by atoms with Crippen LogP contribution < -0.4 is 0 Å². The van der Waals surface area contributed by atoms with Crippen LogP contribution in [0, 0.1) is 15.9 Å². The second-order valence-corrected chi connectivity index (χ2v) is 4.24. The van der Waals surface area contributed by atoms with Crippen molar-refractivity contribution < 1.29 is 19.2 Å². The fourth-order valence-electron chi connectivity index (χ4n) is 1.65. The van der Waals surface area contributed by atoms with Gasteiger partial charge >= 0.3 is 0 Å². The first-order chi connectivity index (χ1) is 8.88. The van der Waals surface area contributed by atoms with Gasteiger partial charge in [-0.05, 0) is 19.9 Å². The van der Waals surface area contributed by atoms with Crippen molar-refractivity contribution in [3.05, 3.63) is 39.7 Å². The van der Waals surface area contributed by atoms with E-state index in [2.05, 4.69) is 0 Å². The fourth-order valence-corrected chi connectivity index (χ4v) is 1.65. The summed E-state index contributed by atoms with van der Waals surface area (Å²) in [6, 6.07) is 2.66. The zero-order chi connectivity index (χ0) is 14.6. The van der Waals surface area contributed by atoms with Crippen molar-refractivity contribution >= 4 is 11.6 Å². The molecular weight excluding hydrogens is 255 g/mol. The number of benzene rings is 1. The molecule has 19 heavy (non-hydrogen) atoms. The summed E-state index contributed by atoms with van der Waals surface area (Å²) in [4.78, 5) is 23.1. The van der Waals surface area contributed by atoms with Crippen LogP contribution >= 0.6 is 0 Å². The molecule has 0 unspecified atom stereocenters. The number of non-ortho nitro benzene ring substituents is 1. The standard InChI is InChI=1S/C12H15FN2O4/c1-8(2)14(5-6-16)12(17)10-4-3-9(15(18)19)7-11(10)13/h3-4,7-8,16H,5-6H2,1-2H3. The number of nitro groups is 1. The normalized spacial score (nSPS) is 10.6. The fraction of sp³-hybridized carbons (Fsp3) is 0.417. The molecule has 0 heterocycles. The predicted octanol–water partition coefficient (Wildman–Crippen LogP) is 1.58. The molecular formula is C12H15FN2O4. The van der Waals surface area contributed by atoms with E-state index in [1.807, 2.05) is 0 Å². The lowest BCUT2D eigenvalue weighted by atomic mass is 10.1. The van der Waals surface area contributed by atoms with Crippen molar-refractivity contribution in [3.8, 4) is 0 Å². The van der Waals surface area contributed by atoms with E-state index in [1.165, 1.54) is 4.90 Å². The van der Waals surface area contributed by atoms with Crippen molar-refractivity contribution in [2.45, 2.75) is 19.9 Å². The monoisotopic (exact) mass is 270 g/mol. The first kappa shape index (κ1) is 15.0. The SMILES string of the molecule is CC(C)N(CCO)C(=O)c1ccc([N+](=O)[O-])cc1F. The largest absolute Gasteiger partial charge is 0.395 e. The van der Waals surface area contributed by atoms with Gasteiger partial charge in [0.25, 0.3) is 11.6 Å². The minimum atomic E-state index is -0.942. The van der Waals surface area contributed by atoms with Gasteiger partial charge in [0.15, 0.2) is 0 Å². The first-order valence-corrected chi connectivity index (χ1v) is 5.74. The topological polar surface area (TPSA) is 83.7 Å². The van der Waals surface area contributed by atoms with Gasteiger partial charge in [-0.25, -0.2) is 4.39 Å². The number of carbonyl (C=O) groups is 1. The average molecular weight is 270 g/mol. The maximum atomic E-state index is 13.7. The number of hydrogen-bond acceptors (Lipinski definition) is 4. The molecule has 0 aromatic heterocycles. The molecule has 0 atom stereocenters. The van der Waals surface area contributed by atoms with Gasteiger partial charge in [0.1, 0.15) is 5.82 Å². The summed E-state index contributed by atoms with van der Waals surface area (Å²) in [6.45, 7) is 3.30. The molecule has 0 aliphatic heterocycles. The Hall–Kier alpha value is -2.02. The second-order valence-electron chi connectivity index (χ2n) is 4.24. The summed E-state index contributed by atoms with van der Waals surface area (Å²) in [5.41, 5.74) is -0.653. The highest BCUT2D eigenvalue weighted by atomic mass is 19.1. The van der Waals surface area contributed by atoms with Crippen LogP contribution in [-0.4, -0.2) is 40.0 Å². The summed E-state index contributed by atoms with van der Waals surface area (Å²) in [7, 11) is 0. The van der Waals surface area contributed by atoms with Gasteiger partial charge in [-0.1, -0.05) is 0 Å². The van der Waals surface area contributed by atoms with Crippen LogP contribution in [0.5, 0.6) is 0 Å². The molecule has 0 bridgehead atoms. The van der Waals surface area contributed by atoms with E-state index in [0.717, 1.165) is 12.1 Å². The highest BCUT2D eigenvalue weighted by Gasteiger charge is 2.22. The highest BCUT2D eigenvalue weighted by molar-refractivity contribution is 5.95. The van der Waals surface area contributed by atoms with E-state index in [-0.39, 0.29) is 24.8 Å². The zero-order valence-corrected chi connectivity index (χ0v) is 10.7. The number of rotatable bonds is 5. The number of nitrogens with zero attached hydrogens (tertiary/aromatic N) is 2. The molecule has 0 saturated carbocycles. The molecule has 0 aliphatic carbocycles. The van der Waals surface area contributed by atoms with Crippen LogP contribution in [0.2, 0.25) is 0 Å². The van der Waals surface area contributed by atoms with Crippen molar-refractivity contribution in [2.75, 3.05) is 13.2 Å². The van der Waals surface area contributed by atoms with Crippen molar-refractivity contribution in [1.29, 1.82) is 0 Å². The van der Waals surface area contributed by atoms with E-state index in [0.29, 0.717) is 6.07 Å². The van der Waals surface area contributed by atoms with E-state index < -0.39 is 22.3 Å². The molecule has 0 radical (unpaired) electrons. The van der Waals surface area contributed by atoms with Gasteiger partial charge in [0, 0.05) is 18.7 Å². The van der Waals surface area contributed by atoms with Crippen LogP contribution in [0.25, 0.3) is 0 Å². The van der Waals surface area contributed by atoms with E-state index in [1.54, 1.807) is 13.8 Å². The maximum absolute atomic E-state index is 13.7. The Labute approximate surface area is 109 Å². The third kappa shape index (κ3) is 3.47. The number of halogens is 1. The molecule has 0 saturated heterocycles. The van der Waals surface area contributed by atoms with Crippen molar-refractivity contribution in [2.24, 2.45) is 0 Å². The number of hydrogen-bond donors (Lipinski definition) is 1. The number of nitro benzene ring substituents is 1. The summed E-state index contributed by atoms with van der Waals surface area (Å²) in [5, 5.41) is 19.4. The van der Waals surface area contributed by atoms with Crippen LogP contribution in [-0.2, 0) is 0 Å². The maximum Gasteiger partial charge on any atom is 0.272 e. The summed E-state index contributed by atoms with van der Waals surface area (Å²) in [6.07, 6.45) is 0. The van der Waals surface area contributed by atoms with Crippen LogP contribution in [0.4, 0.5) is 10.1 Å². The van der Waals surface area contributed by atoms with Crippen molar-refractivity contribution in [1.82, 2.24) is 4.90 Å². The lowest BCUT2D eigenvalue weighted by Gasteiger charge is -2.26. The van der Waals surface area contributed by atoms with Crippen LogP contribution in [0.1, 0.15) is 24.2 Å². The quantitative estimate of drug-likeness (QED) is 0.650. The number of aliphatic hydroxyl groups excluding tert-OH is 1. The van der Waals surface area contributed by atoms with Gasteiger partial charge in [-0.2, -0.15) is 0 Å². The van der Waals surface area contributed by atoms with E-state index in [9.17, 15) is 19.3 Å². The third-order valence-corrected chi connectivity index (χ3v) is 2.62. The Bertz CT molecular complexity index is 491. The minimum Gasteiger partial charge on any atom is -0.395 e. The summed E-state index contributed by atoms with van der Waals surface area (Å²) < 4.78 is 13.7. The number of amides is 1. The van der Waals surface area contributed by atoms with E-state index in [4.69, 9.17) is 5.11 Å². The lowest BCUT2D eigenvalue weighted by Crippen LogP contribution is -2.39. The Morgan fingerprint density at radius 2 is 2.16 bits per heavy atom. The first-order valence-electron chi connectivity index (χ1n) is 5.74. The molecule has 1 aromatic carbocycles. The van der Waals surface area contributed by atoms with Crippen LogP contribution in [0.15, 0.2) is 18.2 Å². The van der Waals surface area contributed by atoms with Gasteiger partial charge in [-0.3, -0.25) is 14.9 Å². The average Bonchev–Trinajstić information content (AvgIpc) is 2.34. The Morgan fingerprint density at radius 3 is 2.58 bits per heavy atom. The highest BCUT2D eigenvalue weighted by Crippen LogP contribution is 2.18. The minimum absolute atomic E-state index is 0.0763. The second kappa shape index (κ2) is 6.24.